The molecule has 0 aromatic heterocycles. The maximum Gasteiger partial charge on any atom is 0.119 e. The minimum Gasteiger partial charge on any atom is -0.497 e. The Hall–Kier alpha value is -0.670. The Morgan fingerprint density at radius 3 is 2.89 bits per heavy atom. The summed E-state index contributed by atoms with van der Waals surface area (Å²) >= 11 is 1.92. The molecule has 1 aliphatic carbocycles. The van der Waals surface area contributed by atoms with Crippen molar-refractivity contribution in [2.45, 2.75) is 37.0 Å². The summed E-state index contributed by atoms with van der Waals surface area (Å²) < 4.78 is 5.28. The van der Waals surface area contributed by atoms with Crippen LogP contribution < -0.4 is 10.1 Å². The first-order valence-electron chi connectivity index (χ1n) is 6.63. The highest BCUT2D eigenvalue weighted by Gasteiger charge is 2.30. The molecule has 0 saturated heterocycles. The van der Waals surface area contributed by atoms with E-state index >= 15 is 0 Å². The molecule has 0 amide bonds. The summed E-state index contributed by atoms with van der Waals surface area (Å²) in [5.74, 6) is 1.68. The Morgan fingerprint density at radius 1 is 1.44 bits per heavy atom. The second-order valence-electron chi connectivity index (χ2n) is 5.10. The SMILES string of the molecule is COc1cccc(C2CC(NCC(C)SC)C2)c1. The molecule has 1 fully saturated rings. The highest BCUT2D eigenvalue weighted by Crippen LogP contribution is 2.37. The van der Waals surface area contributed by atoms with Crippen molar-refractivity contribution in [3.8, 4) is 5.75 Å². The van der Waals surface area contributed by atoms with Crippen LogP contribution in [0.5, 0.6) is 5.75 Å². The molecule has 1 aromatic carbocycles. The third-order valence-corrected chi connectivity index (χ3v) is 4.77. The van der Waals surface area contributed by atoms with Gasteiger partial charge in [0.1, 0.15) is 5.75 Å². The lowest BCUT2D eigenvalue weighted by atomic mass is 9.76. The molecule has 1 aromatic rings. The van der Waals surface area contributed by atoms with Gasteiger partial charge in [0, 0.05) is 17.8 Å². The molecule has 1 aliphatic rings. The van der Waals surface area contributed by atoms with Gasteiger partial charge in [0.25, 0.3) is 0 Å². The Morgan fingerprint density at radius 2 is 2.22 bits per heavy atom. The van der Waals surface area contributed by atoms with Gasteiger partial charge in [-0.2, -0.15) is 11.8 Å². The largest absolute Gasteiger partial charge is 0.497 e. The van der Waals surface area contributed by atoms with Crippen molar-refractivity contribution >= 4 is 11.8 Å². The van der Waals surface area contributed by atoms with Crippen molar-refractivity contribution < 1.29 is 4.74 Å². The van der Waals surface area contributed by atoms with E-state index in [1.54, 1.807) is 7.11 Å². The molecule has 0 bridgehead atoms. The summed E-state index contributed by atoms with van der Waals surface area (Å²) in [5.41, 5.74) is 1.42. The van der Waals surface area contributed by atoms with E-state index in [4.69, 9.17) is 4.74 Å². The quantitative estimate of drug-likeness (QED) is 0.853. The fourth-order valence-electron chi connectivity index (χ4n) is 2.37. The smallest absolute Gasteiger partial charge is 0.119 e. The van der Waals surface area contributed by atoms with Crippen molar-refractivity contribution in [1.29, 1.82) is 0 Å². The van der Waals surface area contributed by atoms with E-state index in [9.17, 15) is 0 Å². The topological polar surface area (TPSA) is 21.3 Å². The zero-order valence-electron chi connectivity index (χ0n) is 11.5. The summed E-state index contributed by atoms with van der Waals surface area (Å²) in [7, 11) is 1.73. The summed E-state index contributed by atoms with van der Waals surface area (Å²) in [6, 6.07) is 9.19. The average Bonchev–Trinajstić information content (AvgIpc) is 2.36. The van der Waals surface area contributed by atoms with E-state index < -0.39 is 0 Å². The number of thioether (sulfide) groups is 1. The second kappa shape index (κ2) is 6.48. The molecule has 2 nitrogen and oxygen atoms in total. The minimum atomic E-state index is 0.704. The molecule has 1 N–H and O–H groups in total. The Bertz CT molecular complexity index is 377. The van der Waals surface area contributed by atoms with E-state index in [1.807, 2.05) is 17.8 Å². The Labute approximate surface area is 114 Å². The first-order chi connectivity index (χ1) is 8.72. The van der Waals surface area contributed by atoms with Gasteiger partial charge in [0.05, 0.1) is 7.11 Å². The number of rotatable bonds is 6. The number of ether oxygens (including phenoxy) is 1. The van der Waals surface area contributed by atoms with Gasteiger partial charge in [-0.05, 0) is 42.7 Å². The van der Waals surface area contributed by atoms with Crippen molar-refractivity contribution in [3.63, 3.8) is 0 Å². The molecular weight excluding hydrogens is 242 g/mol. The van der Waals surface area contributed by atoms with Crippen LogP contribution in [-0.4, -0.2) is 31.2 Å². The maximum absolute atomic E-state index is 5.28. The summed E-state index contributed by atoms with van der Waals surface area (Å²) in [4.78, 5) is 0. The zero-order valence-corrected chi connectivity index (χ0v) is 12.3. The van der Waals surface area contributed by atoms with Crippen LogP contribution in [0.1, 0.15) is 31.2 Å². The van der Waals surface area contributed by atoms with Crippen molar-refractivity contribution in [1.82, 2.24) is 5.32 Å². The number of hydrogen-bond donors (Lipinski definition) is 1. The lowest BCUT2D eigenvalue weighted by Gasteiger charge is -2.37. The van der Waals surface area contributed by atoms with E-state index in [2.05, 4.69) is 36.7 Å². The molecule has 1 atom stereocenters. The van der Waals surface area contributed by atoms with E-state index in [1.165, 1.54) is 18.4 Å². The van der Waals surface area contributed by atoms with E-state index in [0.717, 1.165) is 12.3 Å². The Kier molecular flexibility index (Phi) is 4.95. The fourth-order valence-corrected chi connectivity index (χ4v) is 2.63. The summed E-state index contributed by atoms with van der Waals surface area (Å²) in [6.45, 7) is 3.40. The molecule has 0 spiro atoms. The normalized spacial score (nSPS) is 24.4. The highest BCUT2D eigenvalue weighted by atomic mass is 32.2. The van der Waals surface area contributed by atoms with Gasteiger partial charge >= 0.3 is 0 Å². The van der Waals surface area contributed by atoms with Gasteiger partial charge < -0.3 is 10.1 Å². The van der Waals surface area contributed by atoms with E-state index in [-0.39, 0.29) is 0 Å². The fraction of sp³-hybridized carbons (Fsp3) is 0.600. The molecule has 2 rings (SSSR count). The van der Waals surface area contributed by atoms with Crippen LogP contribution in [0.15, 0.2) is 24.3 Å². The molecule has 0 heterocycles. The third kappa shape index (κ3) is 3.42. The van der Waals surface area contributed by atoms with Crippen LogP contribution in [0, 0.1) is 0 Å². The number of hydrogen-bond acceptors (Lipinski definition) is 3. The molecule has 0 radical (unpaired) electrons. The first kappa shape index (κ1) is 13.8. The minimum absolute atomic E-state index is 0.704. The van der Waals surface area contributed by atoms with Crippen molar-refractivity contribution in [3.05, 3.63) is 29.8 Å². The third-order valence-electron chi connectivity index (χ3n) is 3.80. The molecule has 0 aliphatic heterocycles. The first-order valence-corrected chi connectivity index (χ1v) is 7.92. The van der Waals surface area contributed by atoms with Crippen LogP contribution in [0.3, 0.4) is 0 Å². The standard InChI is InChI=1S/C15H23NOS/c1-11(18-3)10-16-14-7-13(8-14)12-5-4-6-15(9-12)17-2/h4-6,9,11,13-14,16H,7-8,10H2,1-3H3. The van der Waals surface area contributed by atoms with Gasteiger partial charge in [0.15, 0.2) is 0 Å². The second-order valence-corrected chi connectivity index (χ2v) is 6.37. The molecule has 1 unspecified atom stereocenters. The summed E-state index contributed by atoms with van der Waals surface area (Å²) in [5, 5.41) is 4.36. The number of nitrogens with one attached hydrogen (secondary N) is 1. The zero-order chi connectivity index (χ0) is 13.0. The van der Waals surface area contributed by atoms with E-state index in [0.29, 0.717) is 17.2 Å². The predicted octanol–water partition coefficient (Wildman–Crippen LogP) is 3.28. The monoisotopic (exact) mass is 265 g/mol. The average molecular weight is 265 g/mol. The lowest BCUT2D eigenvalue weighted by Crippen LogP contribution is -2.42. The Balaban J connectivity index is 1.78. The van der Waals surface area contributed by atoms with Crippen molar-refractivity contribution in [2.75, 3.05) is 19.9 Å². The van der Waals surface area contributed by atoms with Gasteiger partial charge in [-0.3, -0.25) is 0 Å². The van der Waals surface area contributed by atoms with Crippen LogP contribution >= 0.6 is 11.8 Å². The lowest BCUT2D eigenvalue weighted by molar-refractivity contribution is 0.292. The number of methoxy groups -OCH3 is 1. The van der Waals surface area contributed by atoms with Crippen LogP contribution in [0.25, 0.3) is 0 Å². The van der Waals surface area contributed by atoms with Crippen molar-refractivity contribution in [2.24, 2.45) is 0 Å². The highest BCUT2D eigenvalue weighted by molar-refractivity contribution is 7.99. The molecular formula is C15H23NOS. The van der Waals surface area contributed by atoms with Gasteiger partial charge in [-0.25, -0.2) is 0 Å². The predicted molar refractivity (Wildman–Crippen MR) is 79.7 cm³/mol. The maximum atomic E-state index is 5.28. The van der Waals surface area contributed by atoms with Gasteiger partial charge in [-0.1, -0.05) is 19.1 Å². The van der Waals surface area contributed by atoms with Crippen LogP contribution in [0.4, 0.5) is 0 Å². The molecule has 3 heteroatoms. The molecule has 1 saturated carbocycles. The molecule has 100 valence electrons. The van der Waals surface area contributed by atoms with Gasteiger partial charge in [0.2, 0.25) is 0 Å². The summed E-state index contributed by atoms with van der Waals surface area (Å²) in [6.07, 6.45) is 4.69. The van der Waals surface area contributed by atoms with Crippen LogP contribution in [0.2, 0.25) is 0 Å². The van der Waals surface area contributed by atoms with Gasteiger partial charge in [-0.15, -0.1) is 0 Å². The molecule has 18 heavy (non-hydrogen) atoms. The van der Waals surface area contributed by atoms with Crippen LogP contribution in [-0.2, 0) is 0 Å². The number of benzene rings is 1.